The highest BCUT2D eigenvalue weighted by atomic mass is 32.2. The lowest BCUT2D eigenvalue weighted by Crippen LogP contribution is -2.44. The van der Waals surface area contributed by atoms with Crippen LogP contribution in [0.2, 0.25) is 0 Å². The van der Waals surface area contributed by atoms with Gasteiger partial charge in [-0.2, -0.15) is 22.3 Å². The summed E-state index contributed by atoms with van der Waals surface area (Å²) in [6.07, 6.45) is 0.0765. The Balaban J connectivity index is 2.98. The Bertz CT molecular complexity index is 625. The van der Waals surface area contributed by atoms with Crippen molar-refractivity contribution >= 4 is 16.2 Å². The van der Waals surface area contributed by atoms with Crippen molar-refractivity contribution in [1.29, 1.82) is 5.26 Å². The van der Waals surface area contributed by atoms with Crippen molar-refractivity contribution in [3.8, 4) is 6.07 Å². The molecule has 1 rings (SSSR count). The Morgan fingerprint density at radius 1 is 1.32 bits per heavy atom. The summed E-state index contributed by atoms with van der Waals surface area (Å²) in [5.41, 5.74) is 0.753. The van der Waals surface area contributed by atoms with Gasteiger partial charge in [-0.05, 0) is 5.56 Å². The molecule has 1 aromatic rings. The molecule has 0 aliphatic rings. The number of methoxy groups -OCH3 is 1. The van der Waals surface area contributed by atoms with E-state index in [2.05, 4.69) is 4.74 Å². The molecule has 22 heavy (non-hydrogen) atoms. The normalized spacial score (nSPS) is 11.4. The Morgan fingerprint density at radius 2 is 1.95 bits per heavy atom. The van der Waals surface area contributed by atoms with Crippen LogP contribution < -0.4 is 0 Å². The highest BCUT2D eigenvalue weighted by Gasteiger charge is 2.29. The fraction of sp³-hybridized carbons (Fsp3) is 0.429. The van der Waals surface area contributed by atoms with E-state index in [0.717, 1.165) is 14.2 Å². The summed E-state index contributed by atoms with van der Waals surface area (Å²) in [4.78, 5) is 11.5. The highest BCUT2D eigenvalue weighted by Crippen LogP contribution is 2.13. The van der Waals surface area contributed by atoms with E-state index in [4.69, 9.17) is 5.26 Å². The van der Waals surface area contributed by atoms with Gasteiger partial charge in [0.2, 0.25) is 0 Å². The number of esters is 1. The molecule has 0 fully saturated rings. The zero-order chi connectivity index (χ0) is 16.6. The molecule has 0 radical (unpaired) electrons. The Kier molecular flexibility index (Phi) is 6.98. The number of hydrogen-bond donors (Lipinski definition) is 0. The molecule has 0 amide bonds. The van der Waals surface area contributed by atoms with E-state index in [9.17, 15) is 13.2 Å². The van der Waals surface area contributed by atoms with Crippen molar-refractivity contribution in [3.63, 3.8) is 0 Å². The summed E-state index contributed by atoms with van der Waals surface area (Å²) in [6.45, 7) is -0.273. The van der Waals surface area contributed by atoms with Gasteiger partial charge in [-0.3, -0.25) is 4.79 Å². The monoisotopic (exact) mass is 325 g/mol. The predicted octanol–water partition coefficient (Wildman–Crippen LogP) is 0.752. The molecule has 0 aliphatic heterocycles. The van der Waals surface area contributed by atoms with E-state index >= 15 is 0 Å². The van der Waals surface area contributed by atoms with Gasteiger partial charge in [0.05, 0.1) is 13.2 Å². The Hall–Kier alpha value is -1.95. The van der Waals surface area contributed by atoms with Crippen molar-refractivity contribution in [2.75, 3.05) is 27.2 Å². The van der Waals surface area contributed by atoms with Crippen LogP contribution in [0.25, 0.3) is 0 Å². The number of rotatable bonds is 8. The van der Waals surface area contributed by atoms with E-state index in [1.807, 2.05) is 12.1 Å². The molecule has 0 bridgehead atoms. The maximum absolute atomic E-state index is 12.5. The maximum atomic E-state index is 12.5. The second kappa shape index (κ2) is 8.48. The van der Waals surface area contributed by atoms with Gasteiger partial charge < -0.3 is 4.74 Å². The maximum Gasteiger partial charge on any atom is 0.321 e. The van der Waals surface area contributed by atoms with Crippen LogP contribution in [-0.2, 0) is 26.3 Å². The summed E-state index contributed by atoms with van der Waals surface area (Å²) in [6, 6.07) is 10.8. The van der Waals surface area contributed by atoms with Gasteiger partial charge in [-0.1, -0.05) is 30.3 Å². The number of carbonyl (C=O) groups excluding carboxylic acids is 1. The third-order valence-corrected chi connectivity index (χ3v) is 4.87. The van der Waals surface area contributed by atoms with Crippen LogP contribution in [0.1, 0.15) is 12.0 Å². The van der Waals surface area contributed by atoms with Crippen LogP contribution >= 0.6 is 0 Å². The molecule has 7 nitrogen and oxygen atoms in total. The lowest BCUT2D eigenvalue weighted by Gasteiger charge is -2.26. The highest BCUT2D eigenvalue weighted by molar-refractivity contribution is 7.86. The van der Waals surface area contributed by atoms with Gasteiger partial charge in [0.25, 0.3) is 10.2 Å². The van der Waals surface area contributed by atoms with Crippen LogP contribution in [0.3, 0.4) is 0 Å². The van der Waals surface area contributed by atoms with Crippen LogP contribution in [0.5, 0.6) is 0 Å². The average molecular weight is 325 g/mol. The van der Waals surface area contributed by atoms with Crippen molar-refractivity contribution < 1.29 is 17.9 Å². The molecule has 0 aliphatic carbocycles. The average Bonchev–Trinajstić information content (AvgIpc) is 2.52. The quantitative estimate of drug-likeness (QED) is 0.658. The largest absolute Gasteiger partial charge is 0.468 e. The summed E-state index contributed by atoms with van der Waals surface area (Å²) in [7, 11) is -1.28. The number of nitriles is 1. The van der Waals surface area contributed by atoms with E-state index in [-0.39, 0.29) is 26.1 Å². The Morgan fingerprint density at radius 3 is 2.50 bits per heavy atom. The molecule has 0 saturated heterocycles. The first-order valence-electron chi connectivity index (χ1n) is 6.61. The van der Waals surface area contributed by atoms with Gasteiger partial charge in [0, 0.05) is 26.6 Å². The number of nitrogens with zero attached hydrogens (tertiary/aromatic N) is 3. The number of carbonyl (C=O) groups is 1. The van der Waals surface area contributed by atoms with E-state index in [1.54, 1.807) is 24.3 Å². The van der Waals surface area contributed by atoms with Crippen LogP contribution in [0, 0.1) is 11.3 Å². The van der Waals surface area contributed by atoms with Crippen molar-refractivity contribution in [2.45, 2.75) is 13.0 Å². The third kappa shape index (κ3) is 5.11. The Labute approximate surface area is 130 Å². The SMILES string of the molecule is COC(=O)CN(Cc1ccccc1)S(=O)(=O)N(C)CCC#N. The van der Waals surface area contributed by atoms with Gasteiger partial charge in [-0.25, -0.2) is 0 Å². The smallest absolute Gasteiger partial charge is 0.321 e. The molecular weight excluding hydrogens is 306 g/mol. The summed E-state index contributed by atoms with van der Waals surface area (Å²) in [5, 5.41) is 8.58. The predicted molar refractivity (Wildman–Crippen MR) is 80.6 cm³/mol. The number of ether oxygens (including phenoxy) is 1. The summed E-state index contributed by atoms with van der Waals surface area (Å²) >= 11 is 0. The fourth-order valence-corrected chi connectivity index (χ4v) is 3.03. The molecular formula is C14H19N3O4S. The molecule has 0 heterocycles. The van der Waals surface area contributed by atoms with Crippen molar-refractivity contribution in [3.05, 3.63) is 35.9 Å². The molecule has 0 aromatic heterocycles. The minimum absolute atomic E-state index is 0.0508. The fourth-order valence-electron chi connectivity index (χ4n) is 1.73. The zero-order valence-corrected chi connectivity index (χ0v) is 13.4. The standard InChI is InChI=1S/C14H19N3O4S/c1-16(10-6-9-15)22(19,20)17(12-14(18)21-2)11-13-7-4-3-5-8-13/h3-5,7-8H,6,10-12H2,1-2H3. The first kappa shape index (κ1) is 18.1. The first-order chi connectivity index (χ1) is 10.4. The van der Waals surface area contributed by atoms with E-state index in [0.29, 0.717) is 0 Å². The van der Waals surface area contributed by atoms with Gasteiger partial charge >= 0.3 is 5.97 Å². The second-order valence-corrected chi connectivity index (χ2v) is 6.60. The molecule has 0 N–H and O–H groups in total. The van der Waals surface area contributed by atoms with Gasteiger partial charge in [-0.15, -0.1) is 0 Å². The van der Waals surface area contributed by atoms with Gasteiger partial charge in [0.15, 0.2) is 0 Å². The lowest BCUT2D eigenvalue weighted by molar-refractivity contribution is -0.140. The third-order valence-electron chi connectivity index (χ3n) is 2.99. The first-order valence-corrected chi connectivity index (χ1v) is 8.00. The summed E-state index contributed by atoms with van der Waals surface area (Å²) < 4.78 is 31.7. The van der Waals surface area contributed by atoms with Gasteiger partial charge in [0.1, 0.15) is 6.54 Å². The molecule has 0 saturated carbocycles. The van der Waals surface area contributed by atoms with Crippen LogP contribution in [0.4, 0.5) is 0 Å². The van der Waals surface area contributed by atoms with E-state index < -0.39 is 16.2 Å². The molecule has 1 aromatic carbocycles. The number of benzene rings is 1. The molecule has 0 atom stereocenters. The molecule has 0 spiro atoms. The van der Waals surface area contributed by atoms with E-state index in [1.165, 1.54) is 14.2 Å². The lowest BCUT2D eigenvalue weighted by atomic mass is 10.2. The zero-order valence-electron chi connectivity index (χ0n) is 12.6. The van der Waals surface area contributed by atoms with Crippen LogP contribution in [0.15, 0.2) is 30.3 Å². The summed E-state index contributed by atoms with van der Waals surface area (Å²) in [5.74, 6) is -0.645. The molecule has 120 valence electrons. The molecule has 0 unspecified atom stereocenters. The van der Waals surface area contributed by atoms with Crippen molar-refractivity contribution in [1.82, 2.24) is 8.61 Å². The minimum Gasteiger partial charge on any atom is -0.468 e. The minimum atomic E-state index is -3.86. The number of hydrogen-bond acceptors (Lipinski definition) is 5. The van der Waals surface area contributed by atoms with Crippen LogP contribution in [-0.4, -0.2) is 50.2 Å². The van der Waals surface area contributed by atoms with Crippen molar-refractivity contribution in [2.24, 2.45) is 0 Å². The second-order valence-electron chi connectivity index (χ2n) is 4.57. The molecule has 8 heteroatoms. The topological polar surface area (TPSA) is 90.7 Å².